The van der Waals surface area contributed by atoms with E-state index in [-0.39, 0.29) is 0 Å². The van der Waals surface area contributed by atoms with E-state index in [1.54, 1.807) is 0 Å². The molecule has 0 radical (unpaired) electrons. The highest BCUT2D eigenvalue weighted by atomic mass is 16.5. The van der Waals surface area contributed by atoms with Crippen molar-refractivity contribution in [1.29, 1.82) is 0 Å². The maximum atomic E-state index is 5.41. The molecule has 3 heteroatoms. The first-order valence-electron chi connectivity index (χ1n) is 6.24. The second kappa shape index (κ2) is 4.81. The van der Waals surface area contributed by atoms with Gasteiger partial charge in [0, 0.05) is 38.3 Å². The van der Waals surface area contributed by atoms with Crippen molar-refractivity contribution in [2.24, 2.45) is 5.92 Å². The monoisotopic (exact) mass is 212 g/mol. The molecular weight excluding hydrogens is 188 g/mol. The van der Waals surface area contributed by atoms with Gasteiger partial charge in [0.15, 0.2) is 0 Å². The molecule has 0 saturated carbocycles. The first kappa shape index (κ1) is 11.4. The number of rotatable bonds is 2. The van der Waals surface area contributed by atoms with E-state index in [1.807, 2.05) is 0 Å². The summed E-state index contributed by atoms with van der Waals surface area (Å²) in [4.78, 5) is 5.22. The number of hydrogen-bond donors (Lipinski definition) is 0. The van der Waals surface area contributed by atoms with E-state index in [0.29, 0.717) is 6.04 Å². The van der Waals surface area contributed by atoms with Gasteiger partial charge in [-0.1, -0.05) is 6.92 Å². The third kappa shape index (κ3) is 2.52. The van der Waals surface area contributed by atoms with Crippen molar-refractivity contribution in [2.75, 3.05) is 39.4 Å². The summed E-state index contributed by atoms with van der Waals surface area (Å²) in [6.07, 6.45) is 0. The van der Waals surface area contributed by atoms with Crippen LogP contribution in [0.1, 0.15) is 20.8 Å². The molecule has 2 rings (SSSR count). The summed E-state index contributed by atoms with van der Waals surface area (Å²) >= 11 is 0. The van der Waals surface area contributed by atoms with Gasteiger partial charge >= 0.3 is 0 Å². The van der Waals surface area contributed by atoms with E-state index in [4.69, 9.17) is 4.74 Å². The number of likely N-dealkylation sites (tertiary alicyclic amines) is 1. The van der Waals surface area contributed by atoms with Crippen molar-refractivity contribution in [2.45, 2.75) is 32.9 Å². The zero-order valence-corrected chi connectivity index (χ0v) is 10.3. The molecule has 0 amide bonds. The van der Waals surface area contributed by atoms with Crippen LogP contribution in [0, 0.1) is 5.92 Å². The maximum Gasteiger partial charge on any atom is 0.0594 e. The molecule has 2 unspecified atom stereocenters. The SMILES string of the molecule is CC1CN(C(C)C)CC1N1CCOCC1. The van der Waals surface area contributed by atoms with Gasteiger partial charge in [-0.25, -0.2) is 0 Å². The van der Waals surface area contributed by atoms with Crippen LogP contribution in [0.2, 0.25) is 0 Å². The molecule has 2 atom stereocenters. The molecule has 2 heterocycles. The summed E-state index contributed by atoms with van der Waals surface area (Å²) in [5.41, 5.74) is 0. The number of hydrogen-bond acceptors (Lipinski definition) is 3. The Morgan fingerprint density at radius 2 is 1.80 bits per heavy atom. The van der Waals surface area contributed by atoms with Crippen molar-refractivity contribution in [3.8, 4) is 0 Å². The number of nitrogens with zero attached hydrogens (tertiary/aromatic N) is 2. The van der Waals surface area contributed by atoms with Crippen LogP contribution in [0.4, 0.5) is 0 Å². The fourth-order valence-electron chi connectivity index (χ4n) is 2.79. The van der Waals surface area contributed by atoms with E-state index in [2.05, 4.69) is 30.6 Å². The van der Waals surface area contributed by atoms with Crippen LogP contribution >= 0.6 is 0 Å². The normalized spacial score (nSPS) is 35.2. The number of ether oxygens (including phenoxy) is 1. The van der Waals surface area contributed by atoms with Gasteiger partial charge < -0.3 is 4.74 Å². The average molecular weight is 212 g/mol. The largest absolute Gasteiger partial charge is 0.379 e. The Balaban J connectivity index is 1.91. The van der Waals surface area contributed by atoms with Crippen molar-refractivity contribution in [3.63, 3.8) is 0 Å². The fourth-order valence-corrected chi connectivity index (χ4v) is 2.79. The molecule has 0 aromatic heterocycles. The third-order valence-electron chi connectivity index (χ3n) is 3.85. The van der Waals surface area contributed by atoms with E-state index in [0.717, 1.165) is 38.3 Å². The molecule has 0 aromatic rings. The molecule has 3 nitrogen and oxygen atoms in total. The van der Waals surface area contributed by atoms with Gasteiger partial charge in [-0.3, -0.25) is 9.80 Å². The molecule has 2 aliphatic rings. The van der Waals surface area contributed by atoms with Gasteiger partial charge in [-0.2, -0.15) is 0 Å². The molecule has 0 N–H and O–H groups in total. The van der Waals surface area contributed by atoms with Crippen LogP contribution in [0.3, 0.4) is 0 Å². The Morgan fingerprint density at radius 1 is 1.13 bits per heavy atom. The van der Waals surface area contributed by atoms with Crippen LogP contribution in [0.15, 0.2) is 0 Å². The highest BCUT2D eigenvalue weighted by molar-refractivity contribution is 4.90. The van der Waals surface area contributed by atoms with E-state index in [1.165, 1.54) is 13.1 Å². The minimum absolute atomic E-state index is 0.693. The highest BCUT2D eigenvalue weighted by Crippen LogP contribution is 2.23. The lowest BCUT2D eigenvalue weighted by Crippen LogP contribution is -2.47. The average Bonchev–Trinajstić information content (AvgIpc) is 2.62. The van der Waals surface area contributed by atoms with Gasteiger partial charge in [0.1, 0.15) is 0 Å². The van der Waals surface area contributed by atoms with E-state index < -0.39 is 0 Å². The van der Waals surface area contributed by atoms with Crippen molar-refractivity contribution in [1.82, 2.24) is 9.80 Å². The highest BCUT2D eigenvalue weighted by Gasteiger charge is 2.35. The van der Waals surface area contributed by atoms with E-state index >= 15 is 0 Å². The van der Waals surface area contributed by atoms with Gasteiger partial charge in [-0.15, -0.1) is 0 Å². The summed E-state index contributed by atoms with van der Waals surface area (Å²) in [5.74, 6) is 0.811. The second-order valence-corrected chi connectivity index (χ2v) is 5.24. The maximum absolute atomic E-state index is 5.41. The topological polar surface area (TPSA) is 15.7 Å². The van der Waals surface area contributed by atoms with Crippen LogP contribution in [0.25, 0.3) is 0 Å². The first-order valence-corrected chi connectivity index (χ1v) is 6.24. The zero-order chi connectivity index (χ0) is 10.8. The third-order valence-corrected chi connectivity index (χ3v) is 3.85. The molecule has 2 fully saturated rings. The predicted octanol–water partition coefficient (Wildman–Crippen LogP) is 1.05. The summed E-state index contributed by atoms with van der Waals surface area (Å²) in [5, 5.41) is 0. The molecule has 0 bridgehead atoms. The Hall–Kier alpha value is -0.120. The quantitative estimate of drug-likeness (QED) is 0.680. The standard InChI is InChI=1S/C12H24N2O/c1-10(2)14-8-11(3)12(9-14)13-4-6-15-7-5-13/h10-12H,4-9H2,1-3H3. The predicted molar refractivity (Wildman–Crippen MR) is 62.1 cm³/mol. The molecule has 2 saturated heterocycles. The number of morpholine rings is 1. The smallest absolute Gasteiger partial charge is 0.0594 e. The molecule has 0 aromatic carbocycles. The minimum Gasteiger partial charge on any atom is -0.379 e. The summed E-state index contributed by atoms with van der Waals surface area (Å²) < 4.78 is 5.41. The lowest BCUT2D eigenvalue weighted by atomic mass is 10.0. The van der Waals surface area contributed by atoms with Crippen LogP contribution < -0.4 is 0 Å². The summed E-state index contributed by atoms with van der Waals surface area (Å²) in [6, 6.07) is 1.45. The van der Waals surface area contributed by atoms with Crippen LogP contribution in [-0.2, 0) is 4.74 Å². The molecular formula is C12H24N2O. The summed E-state index contributed by atoms with van der Waals surface area (Å²) in [7, 11) is 0. The Labute approximate surface area is 93.4 Å². The minimum atomic E-state index is 0.693. The van der Waals surface area contributed by atoms with Gasteiger partial charge in [-0.05, 0) is 19.8 Å². The van der Waals surface area contributed by atoms with Gasteiger partial charge in [0.2, 0.25) is 0 Å². The fraction of sp³-hybridized carbons (Fsp3) is 1.00. The lowest BCUT2D eigenvalue weighted by Gasteiger charge is -2.34. The van der Waals surface area contributed by atoms with Crippen molar-refractivity contribution in [3.05, 3.63) is 0 Å². The van der Waals surface area contributed by atoms with Crippen molar-refractivity contribution >= 4 is 0 Å². The zero-order valence-electron chi connectivity index (χ0n) is 10.3. The molecule has 0 spiro atoms. The van der Waals surface area contributed by atoms with Gasteiger partial charge in [0.25, 0.3) is 0 Å². The van der Waals surface area contributed by atoms with Crippen LogP contribution in [0.5, 0.6) is 0 Å². The van der Waals surface area contributed by atoms with E-state index in [9.17, 15) is 0 Å². The second-order valence-electron chi connectivity index (χ2n) is 5.24. The molecule has 15 heavy (non-hydrogen) atoms. The summed E-state index contributed by atoms with van der Waals surface area (Å²) in [6.45, 7) is 13.6. The van der Waals surface area contributed by atoms with Gasteiger partial charge in [0.05, 0.1) is 13.2 Å². The first-order chi connectivity index (χ1) is 7.18. The molecule has 88 valence electrons. The van der Waals surface area contributed by atoms with Crippen LogP contribution in [-0.4, -0.2) is 61.3 Å². The molecule has 0 aliphatic carbocycles. The molecule has 2 aliphatic heterocycles. The van der Waals surface area contributed by atoms with Crippen molar-refractivity contribution < 1.29 is 4.74 Å². The Morgan fingerprint density at radius 3 is 2.33 bits per heavy atom. The Bertz CT molecular complexity index is 202. The Kier molecular flexibility index (Phi) is 3.65. The lowest BCUT2D eigenvalue weighted by molar-refractivity contribution is 0.0115.